The summed E-state index contributed by atoms with van der Waals surface area (Å²) in [7, 11) is 1.75. The molecule has 200 valence electrons. The predicted molar refractivity (Wildman–Crippen MR) is 140 cm³/mol. The van der Waals surface area contributed by atoms with Crippen molar-refractivity contribution in [3.63, 3.8) is 0 Å². The number of piperazine rings is 1. The predicted octanol–water partition coefficient (Wildman–Crippen LogP) is 2.99. The molecular weight excluding hydrogens is 490 g/mol. The number of nitrogens with one attached hydrogen (secondary N) is 2. The average Bonchev–Trinajstić information content (AvgIpc) is 3.72. The summed E-state index contributed by atoms with van der Waals surface area (Å²) < 4.78 is 5.07. The summed E-state index contributed by atoms with van der Waals surface area (Å²) in [5, 5.41) is 8.65. The summed E-state index contributed by atoms with van der Waals surface area (Å²) in [5.74, 6) is -0.217. The van der Waals surface area contributed by atoms with Crippen LogP contribution in [0.25, 0.3) is 0 Å². The maximum atomic E-state index is 14.3. The van der Waals surface area contributed by atoms with Crippen molar-refractivity contribution in [2.24, 2.45) is 5.92 Å². The van der Waals surface area contributed by atoms with E-state index in [1.54, 1.807) is 18.5 Å². The maximum Gasteiger partial charge on any atom is 0.246 e. The van der Waals surface area contributed by atoms with Gasteiger partial charge in [0.15, 0.2) is 0 Å². The van der Waals surface area contributed by atoms with Crippen LogP contribution in [0.4, 0.5) is 0 Å². The third-order valence-electron chi connectivity index (χ3n) is 8.31. The average molecular weight is 528 g/mol. The first-order valence-corrected chi connectivity index (χ1v) is 14.4. The third kappa shape index (κ3) is 5.51. The number of likely N-dealkylation sites (N-methyl/N-ethyl adjacent to an activating group) is 1. The third-order valence-corrected chi connectivity index (χ3v) is 9.25. The van der Waals surface area contributed by atoms with Gasteiger partial charge in [-0.25, -0.2) is 4.98 Å². The number of carbonyl (C=O) groups excluding carboxylic acids is 3. The molecule has 3 fully saturated rings. The Morgan fingerprint density at radius 2 is 1.95 bits per heavy atom. The lowest BCUT2D eigenvalue weighted by Gasteiger charge is -2.45. The van der Waals surface area contributed by atoms with Gasteiger partial charge in [-0.15, -0.1) is 11.3 Å². The van der Waals surface area contributed by atoms with Crippen LogP contribution in [0.2, 0.25) is 0 Å². The molecule has 1 aliphatic carbocycles. The first-order chi connectivity index (χ1) is 18.0. The molecule has 10 heteroatoms. The SMILES string of the molecule is CNC(C)C(=O)NC(C(=O)N1CC2CCCN2CC1c1nc(C(=O)c2ccoc2)cs1)C1CCCCC1. The van der Waals surface area contributed by atoms with Gasteiger partial charge in [0.05, 0.1) is 23.9 Å². The molecule has 2 amide bonds. The number of rotatable bonds is 8. The highest BCUT2D eigenvalue weighted by atomic mass is 32.1. The van der Waals surface area contributed by atoms with Crippen LogP contribution in [0, 0.1) is 5.92 Å². The van der Waals surface area contributed by atoms with Gasteiger partial charge in [0.1, 0.15) is 23.0 Å². The smallest absolute Gasteiger partial charge is 0.246 e. The second-order valence-electron chi connectivity index (χ2n) is 10.6. The van der Waals surface area contributed by atoms with Gasteiger partial charge in [-0.1, -0.05) is 19.3 Å². The van der Waals surface area contributed by atoms with Crippen molar-refractivity contribution in [2.45, 2.75) is 76.0 Å². The van der Waals surface area contributed by atoms with E-state index >= 15 is 0 Å². The minimum Gasteiger partial charge on any atom is -0.472 e. The van der Waals surface area contributed by atoms with Gasteiger partial charge in [-0.2, -0.15) is 0 Å². The Kier molecular flexibility index (Phi) is 8.07. The molecule has 2 saturated heterocycles. The fraction of sp³-hybridized carbons (Fsp3) is 0.630. The van der Waals surface area contributed by atoms with Gasteiger partial charge in [-0.05, 0) is 58.2 Å². The van der Waals surface area contributed by atoms with E-state index in [-0.39, 0.29) is 35.6 Å². The van der Waals surface area contributed by atoms with Gasteiger partial charge in [0, 0.05) is 24.5 Å². The number of hydrogen-bond acceptors (Lipinski definition) is 8. The van der Waals surface area contributed by atoms with E-state index in [1.807, 2.05) is 11.8 Å². The van der Waals surface area contributed by atoms with Crippen LogP contribution in [0.15, 0.2) is 28.4 Å². The molecular formula is C27H37N5O4S. The van der Waals surface area contributed by atoms with Crippen LogP contribution in [-0.2, 0) is 9.59 Å². The fourth-order valence-electron chi connectivity index (χ4n) is 6.00. The van der Waals surface area contributed by atoms with Crippen molar-refractivity contribution in [3.05, 3.63) is 40.2 Å². The summed E-state index contributed by atoms with van der Waals surface area (Å²) in [6, 6.07) is 0.785. The first-order valence-electron chi connectivity index (χ1n) is 13.5. The topological polar surface area (TPSA) is 108 Å². The number of furan rings is 1. The lowest BCUT2D eigenvalue weighted by Crippen LogP contribution is -2.60. The molecule has 4 atom stereocenters. The molecule has 0 radical (unpaired) electrons. The Morgan fingerprint density at radius 1 is 1.14 bits per heavy atom. The molecule has 0 bridgehead atoms. The van der Waals surface area contributed by atoms with E-state index in [0.717, 1.165) is 50.1 Å². The number of amides is 2. The number of aromatic nitrogens is 1. The molecule has 2 N–H and O–H groups in total. The van der Waals surface area contributed by atoms with Crippen molar-refractivity contribution < 1.29 is 18.8 Å². The molecule has 37 heavy (non-hydrogen) atoms. The zero-order valence-corrected chi connectivity index (χ0v) is 22.5. The van der Waals surface area contributed by atoms with Crippen molar-refractivity contribution in [3.8, 4) is 0 Å². The Hall–Kier alpha value is -2.56. The Bertz CT molecular complexity index is 1100. The van der Waals surface area contributed by atoms with Crippen molar-refractivity contribution in [1.29, 1.82) is 0 Å². The number of fused-ring (bicyclic) bond motifs is 1. The standard InChI is InChI=1S/C27H37N5O4S/c1-17(28-2)25(34)30-23(18-7-4-3-5-8-18)27(35)32-13-20-9-6-11-31(20)14-22(32)26-29-21(16-37-26)24(33)19-10-12-36-15-19/h10,12,15-18,20,22-23,28H,3-9,11,13-14H2,1-2H3,(H,30,34). The van der Waals surface area contributed by atoms with Gasteiger partial charge in [-0.3, -0.25) is 19.3 Å². The number of thiazole rings is 1. The van der Waals surface area contributed by atoms with Crippen LogP contribution < -0.4 is 10.6 Å². The number of ketones is 1. The second kappa shape index (κ2) is 11.4. The molecule has 5 rings (SSSR count). The highest BCUT2D eigenvalue weighted by molar-refractivity contribution is 7.10. The number of carbonyl (C=O) groups is 3. The van der Waals surface area contributed by atoms with Gasteiger partial charge < -0.3 is 20.0 Å². The molecule has 2 aromatic rings. The highest BCUT2D eigenvalue weighted by Gasteiger charge is 2.44. The zero-order chi connectivity index (χ0) is 25.9. The van der Waals surface area contributed by atoms with E-state index < -0.39 is 6.04 Å². The first kappa shape index (κ1) is 26.1. The van der Waals surface area contributed by atoms with E-state index in [1.165, 1.54) is 30.3 Å². The molecule has 0 aromatic carbocycles. The fourth-order valence-corrected chi connectivity index (χ4v) is 6.90. The van der Waals surface area contributed by atoms with Crippen molar-refractivity contribution in [2.75, 3.05) is 26.7 Å². The molecule has 2 aromatic heterocycles. The second-order valence-corrected chi connectivity index (χ2v) is 11.5. The van der Waals surface area contributed by atoms with Gasteiger partial charge >= 0.3 is 0 Å². The lowest BCUT2D eigenvalue weighted by molar-refractivity contribution is -0.144. The van der Waals surface area contributed by atoms with E-state index in [9.17, 15) is 14.4 Å². The molecule has 4 unspecified atom stereocenters. The van der Waals surface area contributed by atoms with Crippen LogP contribution in [-0.4, -0.2) is 77.2 Å². The summed E-state index contributed by atoms with van der Waals surface area (Å²) in [6.07, 6.45) is 10.3. The molecule has 1 saturated carbocycles. The lowest BCUT2D eigenvalue weighted by atomic mass is 9.82. The van der Waals surface area contributed by atoms with Gasteiger partial charge in [0.2, 0.25) is 17.6 Å². The van der Waals surface area contributed by atoms with Crippen LogP contribution in [0.1, 0.15) is 79.0 Å². The molecule has 2 aliphatic heterocycles. The highest BCUT2D eigenvalue weighted by Crippen LogP contribution is 2.36. The number of hydrogen-bond donors (Lipinski definition) is 2. The Labute approximate surface area is 222 Å². The zero-order valence-electron chi connectivity index (χ0n) is 21.7. The quantitative estimate of drug-likeness (QED) is 0.508. The van der Waals surface area contributed by atoms with Crippen LogP contribution in [0.3, 0.4) is 0 Å². The maximum absolute atomic E-state index is 14.3. The summed E-state index contributed by atoms with van der Waals surface area (Å²) in [4.78, 5) is 49.2. The summed E-state index contributed by atoms with van der Waals surface area (Å²) in [6.45, 7) is 4.14. The number of nitrogens with zero attached hydrogens (tertiary/aromatic N) is 3. The van der Waals surface area contributed by atoms with E-state index in [4.69, 9.17) is 9.40 Å². The van der Waals surface area contributed by atoms with Gasteiger partial charge in [0.25, 0.3) is 0 Å². The Balaban J connectivity index is 1.43. The largest absolute Gasteiger partial charge is 0.472 e. The van der Waals surface area contributed by atoms with Crippen molar-refractivity contribution in [1.82, 2.24) is 25.4 Å². The monoisotopic (exact) mass is 527 g/mol. The molecule has 3 aliphatic rings. The summed E-state index contributed by atoms with van der Waals surface area (Å²) in [5.41, 5.74) is 0.837. The normalized spacial score (nSPS) is 24.4. The Morgan fingerprint density at radius 3 is 2.68 bits per heavy atom. The van der Waals surface area contributed by atoms with Crippen LogP contribution in [0.5, 0.6) is 0 Å². The minimum atomic E-state index is -0.550. The summed E-state index contributed by atoms with van der Waals surface area (Å²) >= 11 is 1.43. The van der Waals surface area contributed by atoms with Crippen molar-refractivity contribution >= 4 is 28.9 Å². The molecule has 0 spiro atoms. The molecule has 9 nitrogen and oxygen atoms in total. The molecule has 4 heterocycles. The van der Waals surface area contributed by atoms with E-state index in [0.29, 0.717) is 30.4 Å². The minimum absolute atomic E-state index is 0.0157. The van der Waals surface area contributed by atoms with Crippen LogP contribution >= 0.6 is 11.3 Å². The van der Waals surface area contributed by atoms with E-state index in [2.05, 4.69) is 15.5 Å².